The number of fused-ring (bicyclic) bond motifs is 2. The Hall–Kier alpha value is -2.88. The molecule has 9 nitrogen and oxygen atoms in total. The molecule has 0 spiro atoms. The Morgan fingerprint density at radius 3 is 2.97 bits per heavy atom. The number of aromatic nitrogens is 3. The van der Waals surface area contributed by atoms with Gasteiger partial charge in [-0.15, -0.1) is 0 Å². The minimum atomic E-state index is -0.656. The summed E-state index contributed by atoms with van der Waals surface area (Å²) in [5.41, 5.74) is 8.49. The lowest BCUT2D eigenvalue weighted by Crippen LogP contribution is -2.48. The van der Waals surface area contributed by atoms with Crippen LogP contribution in [0.25, 0.3) is 10.9 Å². The third-order valence-electron chi connectivity index (χ3n) is 6.69. The number of pyridine rings is 1. The molecule has 2 aliphatic rings. The molecule has 1 unspecified atom stereocenters. The average Bonchev–Trinajstić information content (AvgIpc) is 3.24. The molecule has 0 radical (unpaired) electrons. The first-order valence-electron chi connectivity index (χ1n) is 10.6. The number of rotatable bonds is 4. The van der Waals surface area contributed by atoms with Crippen LogP contribution in [-0.4, -0.2) is 45.9 Å². The topological polar surface area (TPSA) is 130 Å². The zero-order valence-corrected chi connectivity index (χ0v) is 17.7. The lowest BCUT2D eigenvalue weighted by atomic mass is 9.85. The summed E-state index contributed by atoms with van der Waals surface area (Å²) in [5, 5.41) is 22.0. The maximum Gasteiger partial charge on any atom is 0.261 e. The van der Waals surface area contributed by atoms with Gasteiger partial charge in [-0.3, -0.25) is 9.48 Å². The molecule has 6 N–H and O–H groups in total. The van der Waals surface area contributed by atoms with Crippen LogP contribution >= 0.6 is 0 Å². The summed E-state index contributed by atoms with van der Waals surface area (Å²) in [7, 11) is 0. The van der Waals surface area contributed by atoms with Gasteiger partial charge in [-0.25, -0.2) is 0 Å². The second kappa shape index (κ2) is 7.08. The van der Waals surface area contributed by atoms with E-state index >= 15 is 0 Å². The van der Waals surface area contributed by atoms with Crippen LogP contribution in [0.2, 0.25) is 0 Å². The maximum absolute atomic E-state index is 12.7. The number of aliphatic hydroxyl groups is 1. The Morgan fingerprint density at radius 2 is 2.23 bits per heavy atom. The Labute approximate surface area is 179 Å². The fraction of sp³-hybridized carbons (Fsp3) is 0.455. The van der Waals surface area contributed by atoms with Crippen LogP contribution in [-0.2, 0) is 15.7 Å². The molecule has 164 valence electrons. The van der Waals surface area contributed by atoms with E-state index in [0.717, 1.165) is 35.3 Å². The summed E-state index contributed by atoms with van der Waals surface area (Å²) in [6, 6.07) is 7.70. The average molecular weight is 425 g/mol. The number of nitrogens with zero attached hydrogens (tertiary/aromatic N) is 2. The van der Waals surface area contributed by atoms with Crippen molar-refractivity contribution >= 4 is 28.1 Å². The second-order valence-corrected chi connectivity index (χ2v) is 9.07. The molecule has 2 aliphatic heterocycles. The van der Waals surface area contributed by atoms with Crippen LogP contribution in [0.5, 0.6) is 0 Å². The van der Waals surface area contributed by atoms with Crippen LogP contribution in [0, 0.1) is 0 Å². The van der Waals surface area contributed by atoms with E-state index in [1.807, 2.05) is 42.8 Å². The fourth-order valence-corrected chi connectivity index (χ4v) is 4.69. The van der Waals surface area contributed by atoms with E-state index in [1.165, 1.54) is 0 Å². The highest BCUT2D eigenvalue weighted by Crippen LogP contribution is 2.41. The van der Waals surface area contributed by atoms with Gasteiger partial charge in [-0.05, 0) is 36.6 Å². The van der Waals surface area contributed by atoms with E-state index in [2.05, 4.69) is 15.6 Å². The molecule has 0 amide bonds. The van der Waals surface area contributed by atoms with Gasteiger partial charge in [0.1, 0.15) is 11.6 Å². The van der Waals surface area contributed by atoms with E-state index in [4.69, 9.17) is 15.6 Å². The maximum atomic E-state index is 12.7. The van der Waals surface area contributed by atoms with Crippen molar-refractivity contribution in [2.45, 2.75) is 43.9 Å². The number of nitrogens with one attached hydrogen (secondary N) is 3. The molecule has 1 aromatic carbocycles. The van der Waals surface area contributed by atoms with Crippen LogP contribution in [0.4, 0.5) is 17.2 Å². The van der Waals surface area contributed by atoms with Gasteiger partial charge in [0, 0.05) is 36.1 Å². The number of aromatic amines is 1. The van der Waals surface area contributed by atoms with Gasteiger partial charge in [0.15, 0.2) is 5.82 Å². The van der Waals surface area contributed by atoms with Crippen molar-refractivity contribution in [3.63, 3.8) is 0 Å². The lowest BCUT2D eigenvalue weighted by molar-refractivity contribution is 0.000705. The Balaban J connectivity index is 1.59. The van der Waals surface area contributed by atoms with Crippen molar-refractivity contribution in [3.8, 4) is 0 Å². The zero-order valence-electron chi connectivity index (χ0n) is 17.7. The van der Waals surface area contributed by atoms with E-state index in [-0.39, 0.29) is 11.0 Å². The number of hydrogen-bond acceptors (Lipinski definition) is 7. The minimum absolute atomic E-state index is 0.217. The second-order valence-electron chi connectivity index (χ2n) is 9.07. The van der Waals surface area contributed by atoms with Gasteiger partial charge in [-0.1, -0.05) is 19.9 Å². The highest BCUT2D eigenvalue weighted by Gasteiger charge is 2.39. The monoisotopic (exact) mass is 424 g/mol. The van der Waals surface area contributed by atoms with Gasteiger partial charge in [0.25, 0.3) is 5.56 Å². The van der Waals surface area contributed by atoms with Crippen LogP contribution in [0.15, 0.2) is 35.3 Å². The molecule has 1 saturated heterocycles. The highest BCUT2D eigenvalue weighted by molar-refractivity contribution is 5.91. The molecular weight excluding hydrogens is 396 g/mol. The summed E-state index contributed by atoms with van der Waals surface area (Å²) in [6.07, 6.45) is 2.70. The fourth-order valence-electron chi connectivity index (χ4n) is 4.69. The number of ether oxygens (including phenoxy) is 1. The van der Waals surface area contributed by atoms with Crippen molar-refractivity contribution < 1.29 is 9.84 Å². The molecule has 9 heteroatoms. The number of benzene rings is 1. The summed E-state index contributed by atoms with van der Waals surface area (Å²) < 4.78 is 7.60. The van der Waals surface area contributed by atoms with Gasteiger partial charge in [-0.2, -0.15) is 5.10 Å². The van der Waals surface area contributed by atoms with Crippen molar-refractivity contribution in [3.05, 3.63) is 46.4 Å². The number of nitrogens with two attached hydrogens (primary N) is 1. The first kappa shape index (κ1) is 20.0. The van der Waals surface area contributed by atoms with Crippen molar-refractivity contribution in [2.75, 3.05) is 30.4 Å². The Bertz CT molecular complexity index is 1190. The van der Waals surface area contributed by atoms with Crippen LogP contribution in [0.1, 0.15) is 32.3 Å². The number of H-pyrrole nitrogens is 1. The number of aliphatic hydroxyl groups excluding tert-OH is 1. The number of hydrogen-bond donors (Lipinski definition) is 5. The normalized spacial score (nSPS) is 24.7. The molecule has 0 aliphatic carbocycles. The van der Waals surface area contributed by atoms with E-state index in [9.17, 15) is 9.90 Å². The smallest absolute Gasteiger partial charge is 0.261 e. The molecule has 4 heterocycles. The van der Waals surface area contributed by atoms with E-state index < -0.39 is 11.8 Å². The molecule has 0 saturated carbocycles. The largest absolute Gasteiger partial charge is 0.379 e. The SMILES string of the molecule is CC1(C)c2ccc(Nc3nn([C@]4(CN)CCCOC4)c4cc[nH]c(=O)c34)cc2NC1O. The van der Waals surface area contributed by atoms with Crippen molar-refractivity contribution in [1.82, 2.24) is 14.8 Å². The summed E-state index contributed by atoms with van der Waals surface area (Å²) in [5.74, 6) is 0.466. The standard InChI is InChI=1S/C22H28N6O3/c1-21(2)14-5-4-13(10-15(14)26-20(21)30)25-18-17-16(6-8-24-19(17)29)28(27-18)22(11-23)7-3-9-31-12-22/h4-6,8,10,20,26,30H,3,7,9,11-12,23H2,1-2H3,(H,24,29)(H,25,27)/t20?,22-/m0/s1. The van der Waals surface area contributed by atoms with Crippen molar-refractivity contribution in [2.24, 2.45) is 5.73 Å². The zero-order chi connectivity index (χ0) is 21.8. The molecular formula is C22H28N6O3. The molecule has 5 rings (SSSR count). The predicted octanol–water partition coefficient (Wildman–Crippen LogP) is 1.95. The van der Waals surface area contributed by atoms with Gasteiger partial charge >= 0.3 is 0 Å². The lowest BCUT2D eigenvalue weighted by Gasteiger charge is -2.36. The molecule has 0 bridgehead atoms. The quantitative estimate of drug-likeness (QED) is 0.433. The molecule has 31 heavy (non-hydrogen) atoms. The van der Waals surface area contributed by atoms with Gasteiger partial charge in [0.2, 0.25) is 0 Å². The first-order valence-corrected chi connectivity index (χ1v) is 10.6. The highest BCUT2D eigenvalue weighted by atomic mass is 16.5. The van der Waals surface area contributed by atoms with Crippen LogP contribution < -0.4 is 21.9 Å². The van der Waals surface area contributed by atoms with E-state index in [0.29, 0.717) is 31.0 Å². The molecule has 1 fully saturated rings. The first-order chi connectivity index (χ1) is 14.9. The summed E-state index contributed by atoms with van der Waals surface area (Å²) >= 11 is 0. The van der Waals surface area contributed by atoms with Gasteiger partial charge < -0.3 is 31.2 Å². The Morgan fingerprint density at radius 1 is 1.39 bits per heavy atom. The van der Waals surface area contributed by atoms with Crippen LogP contribution in [0.3, 0.4) is 0 Å². The molecule has 3 aromatic rings. The Kier molecular flexibility index (Phi) is 4.58. The molecule has 2 atom stereocenters. The van der Waals surface area contributed by atoms with Gasteiger partial charge in [0.05, 0.1) is 17.7 Å². The summed E-state index contributed by atoms with van der Waals surface area (Å²) in [4.78, 5) is 15.5. The van der Waals surface area contributed by atoms with Crippen molar-refractivity contribution in [1.29, 1.82) is 0 Å². The summed E-state index contributed by atoms with van der Waals surface area (Å²) in [6.45, 7) is 5.53. The molecule has 2 aromatic heterocycles. The minimum Gasteiger partial charge on any atom is -0.379 e. The third kappa shape index (κ3) is 3.03. The third-order valence-corrected chi connectivity index (χ3v) is 6.69. The predicted molar refractivity (Wildman–Crippen MR) is 120 cm³/mol. The number of anilines is 3. The van der Waals surface area contributed by atoms with E-state index in [1.54, 1.807) is 6.20 Å².